The monoisotopic (exact) mass is 374 g/mol. The zero-order valence-electron chi connectivity index (χ0n) is 10.9. The highest BCUT2D eigenvalue weighted by Crippen LogP contribution is 2.31. The highest BCUT2D eigenvalue weighted by atomic mass is 79.9. The maximum absolute atomic E-state index is 12.3. The van der Waals surface area contributed by atoms with Crippen LogP contribution in [0.15, 0.2) is 39.0 Å². The lowest BCUT2D eigenvalue weighted by Crippen LogP contribution is -2.23. The van der Waals surface area contributed by atoms with Gasteiger partial charge < -0.3 is 5.73 Å². The van der Waals surface area contributed by atoms with Crippen molar-refractivity contribution in [1.82, 2.24) is 4.72 Å². The van der Waals surface area contributed by atoms with E-state index in [2.05, 4.69) is 20.7 Å². The second kappa shape index (κ2) is 6.36. The lowest BCUT2D eigenvalue weighted by Gasteiger charge is -2.08. The average Bonchev–Trinajstić information content (AvgIpc) is 2.80. The molecule has 1 aromatic carbocycles. The fourth-order valence-electron chi connectivity index (χ4n) is 1.74. The third kappa shape index (κ3) is 3.48. The standard InChI is InChI=1S/C13H15BrN2O2S2/c1-9-4-2-3-5-10(9)8-16-20(17,18)12-6-11(7-15)19-13(12)14/h2-6,16H,7-8,15H2,1H3. The molecular formula is C13H15BrN2O2S2. The normalized spacial score (nSPS) is 11.8. The van der Waals surface area contributed by atoms with Gasteiger partial charge in [-0.1, -0.05) is 24.3 Å². The SMILES string of the molecule is Cc1ccccc1CNS(=O)(=O)c1cc(CN)sc1Br. The molecule has 0 saturated carbocycles. The van der Waals surface area contributed by atoms with Crippen LogP contribution in [0.2, 0.25) is 0 Å². The van der Waals surface area contributed by atoms with E-state index in [9.17, 15) is 8.42 Å². The van der Waals surface area contributed by atoms with Crippen LogP contribution in [0.1, 0.15) is 16.0 Å². The van der Waals surface area contributed by atoms with Gasteiger partial charge in [-0.25, -0.2) is 13.1 Å². The van der Waals surface area contributed by atoms with Crippen LogP contribution < -0.4 is 10.5 Å². The van der Waals surface area contributed by atoms with E-state index >= 15 is 0 Å². The van der Waals surface area contributed by atoms with Crippen molar-refractivity contribution in [1.29, 1.82) is 0 Å². The quantitative estimate of drug-likeness (QED) is 0.844. The summed E-state index contributed by atoms with van der Waals surface area (Å²) in [6.45, 7) is 2.56. The predicted octanol–water partition coefficient (Wildman–Crippen LogP) is 2.76. The summed E-state index contributed by atoms with van der Waals surface area (Å²) in [4.78, 5) is 1.07. The van der Waals surface area contributed by atoms with Crippen molar-refractivity contribution in [2.75, 3.05) is 0 Å². The zero-order chi connectivity index (χ0) is 14.8. The van der Waals surface area contributed by atoms with Crippen LogP contribution in [-0.2, 0) is 23.1 Å². The van der Waals surface area contributed by atoms with E-state index in [1.165, 1.54) is 11.3 Å². The molecule has 3 N–H and O–H groups in total. The lowest BCUT2D eigenvalue weighted by molar-refractivity contribution is 0.581. The summed E-state index contributed by atoms with van der Waals surface area (Å²) in [5, 5.41) is 0. The van der Waals surface area contributed by atoms with Gasteiger partial charge in [0.1, 0.15) is 4.90 Å². The van der Waals surface area contributed by atoms with Crippen molar-refractivity contribution in [3.63, 3.8) is 0 Å². The molecule has 4 nitrogen and oxygen atoms in total. The summed E-state index contributed by atoms with van der Waals surface area (Å²) in [6, 6.07) is 9.29. The van der Waals surface area contributed by atoms with E-state index in [1.807, 2.05) is 31.2 Å². The van der Waals surface area contributed by atoms with Gasteiger partial charge in [-0.15, -0.1) is 11.3 Å². The predicted molar refractivity (Wildman–Crippen MR) is 85.1 cm³/mol. The molecule has 0 spiro atoms. The van der Waals surface area contributed by atoms with Crippen molar-refractivity contribution in [2.45, 2.75) is 24.9 Å². The molecule has 1 heterocycles. The Morgan fingerprint density at radius 1 is 1.35 bits per heavy atom. The van der Waals surface area contributed by atoms with E-state index in [1.54, 1.807) is 6.07 Å². The number of thiophene rings is 1. The van der Waals surface area contributed by atoms with Crippen LogP contribution in [0.5, 0.6) is 0 Å². The van der Waals surface area contributed by atoms with Crippen molar-refractivity contribution >= 4 is 37.3 Å². The summed E-state index contributed by atoms with van der Waals surface area (Å²) < 4.78 is 27.8. The minimum atomic E-state index is -3.54. The van der Waals surface area contributed by atoms with E-state index in [4.69, 9.17) is 5.73 Å². The first-order valence-corrected chi connectivity index (χ1v) is 9.06. The van der Waals surface area contributed by atoms with Crippen LogP contribution in [0.4, 0.5) is 0 Å². The smallest absolute Gasteiger partial charge is 0.242 e. The molecule has 0 radical (unpaired) electrons. The highest BCUT2D eigenvalue weighted by Gasteiger charge is 2.20. The third-order valence-electron chi connectivity index (χ3n) is 2.91. The van der Waals surface area contributed by atoms with E-state index in [0.29, 0.717) is 10.3 Å². The number of nitrogens with two attached hydrogens (primary N) is 1. The molecule has 108 valence electrons. The summed E-state index contributed by atoms with van der Waals surface area (Å²) in [7, 11) is -3.54. The Morgan fingerprint density at radius 3 is 2.65 bits per heavy atom. The minimum absolute atomic E-state index is 0.247. The molecule has 20 heavy (non-hydrogen) atoms. The van der Waals surface area contributed by atoms with Crippen molar-refractivity contribution in [3.05, 3.63) is 50.1 Å². The van der Waals surface area contributed by atoms with E-state index in [-0.39, 0.29) is 11.4 Å². The minimum Gasteiger partial charge on any atom is -0.326 e. The third-order valence-corrected chi connectivity index (χ3v) is 6.59. The molecule has 7 heteroatoms. The molecule has 0 saturated heterocycles. The maximum atomic E-state index is 12.3. The summed E-state index contributed by atoms with van der Waals surface area (Å²) >= 11 is 4.62. The molecule has 0 atom stereocenters. The van der Waals surface area contributed by atoms with Gasteiger partial charge in [-0.3, -0.25) is 0 Å². The van der Waals surface area contributed by atoms with Crippen LogP contribution in [0.3, 0.4) is 0 Å². The Morgan fingerprint density at radius 2 is 2.05 bits per heavy atom. The number of hydrogen-bond acceptors (Lipinski definition) is 4. The molecule has 0 aliphatic carbocycles. The average molecular weight is 375 g/mol. The molecular weight excluding hydrogens is 360 g/mol. The fraction of sp³-hybridized carbons (Fsp3) is 0.231. The maximum Gasteiger partial charge on any atom is 0.242 e. The topological polar surface area (TPSA) is 72.2 Å². The number of halogens is 1. The van der Waals surface area contributed by atoms with Crippen LogP contribution in [0.25, 0.3) is 0 Å². The molecule has 2 aromatic rings. The van der Waals surface area contributed by atoms with Gasteiger partial charge in [0.15, 0.2) is 0 Å². The molecule has 0 aliphatic rings. The second-order valence-corrected chi connectivity index (χ2v) is 8.50. The van der Waals surface area contributed by atoms with Crippen molar-refractivity contribution in [3.8, 4) is 0 Å². The van der Waals surface area contributed by atoms with Gasteiger partial charge in [-0.05, 0) is 40.0 Å². The fourth-order valence-corrected chi connectivity index (χ4v) is 5.31. The number of nitrogens with one attached hydrogen (secondary N) is 1. The molecule has 0 bridgehead atoms. The van der Waals surface area contributed by atoms with Gasteiger partial charge in [0.05, 0.1) is 3.79 Å². The number of benzene rings is 1. The highest BCUT2D eigenvalue weighted by molar-refractivity contribution is 9.11. The largest absolute Gasteiger partial charge is 0.326 e. The number of sulfonamides is 1. The van der Waals surface area contributed by atoms with Crippen LogP contribution >= 0.6 is 27.3 Å². The van der Waals surface area contributed by atoms with Gasteiger partial charge in [-0.2, -0.15) is 0 Å². The summed E-state index contributed by atoms with van der Waals surface area (Å²) in [5.41, 5.74) is 7.55. The molecule has 0 unspecified atom stereocenters. The number of rotatable bonds is 5. The van der Waals surface area contributed by atoms with Gasteiger partial charge in [0, 0.05) is 18.0 Å². The van der Waals surface area contributed by atoms with Gasteiger partial charge in [0.2, 0.25) is 10.0 Å². The molecule has 2 rings (SSSR count). The van der Waals surface area contributed by atoms with Crippen LogP contribution in [-0.4, -0.2) is 8.42 Å². The lowest BCUT2D eigenvalue weighted by atomic mass is 10.1. The van der Waals surface area contributed by atoms with Crippen molar-refractivity contribution < 1.29 is 8.42 Å². The number of aryl methyl sites for hydroxylation is 1. The van der Waals surface area contributed by atoms with E-state index in [0.717, 1.165) is 16.0 Å². The van der Waals surface area contributed by atoms with Gasteiger partial charge >= 0.3 is 0 Å². The molecule has 0 aliphatic heterocycles. The Labute approximate surface area is 131 Å². The summed E-state index contributed by atoms with van der Waals surface area (Å²) in [5.74, 6) is 0. The first kappa shape index (κ1) is 15.7. The Bertz CT molecular complexity index is 711. The zero-order valence-corrected chi connectivity index (χ0v) is 14.1. The Balaban J connectivity index is 2.19. The molecule has 0 amide bonds. The number of hydrogen-bond donors (Lipinski definition) is 2. The van der Waals surface area contributed by atoms with E-state index < -0.39 is 10.0 Å². The second-order valence-electron chi connectivity index (χ2n) is 4.31. The first-order chi connectivity index (χ1) is 9.44. The van der Waals surface area contributed by atoms with Crippen LogP contribution in [0, 0.1) is 6.92 Å². The Hall–Kier alpha value is -0.730. The Kier molecular flexibility index (Phi) is 4.98. The van der Waals surface area contributed by atoms with Crippen molar-refractivity contribution in [2.24, 2.45) is 5.73 Å². The molecule has 0 fully saturated rings. The summed E-state index contributed by atoms with van der Waals surface area (Å²) in [6.07, 6.45) is 0. The first-order valence-electron chi connectivity index (χ1n) is 5.96. The van der Waals surface area contributed by atoms with Gasteiger partial charge in [0.25, 0.3) is 0 Å². The molecule has 1 aromatic heterocycles.